The molecule has 1 aliphatic carbocycles. The number of hydrogen-bond acceptors (Lipinski definition) is 2. The zero-order valence-electron chi connectivity index (χ0n) is 12.3. The van der Waals surface area contributed by atoms with Crippen molar-refractivity contribution in [1.82, 2.24) is 5.32 Å². The maximum Gasteiger partial charge on any atom is 0.0699 e. The van der Waals surface area contributed by atoms with E-state index in [1.54, 1.807) is 0 Å². The predicted octanol–water partition coefficient (Wildman–Crippen LogP) is 3.75. The summed E-state index contributed by atoms with van der Waals surface area (Å²) < 4.78 is 5.79. The summed E-state index contributed by atoms with van der Waals surface area (Å²) in [6, 6.07) is 0. The maximum atomic E-state index is 5.79. The van der Waals surface area contributed by atoms with Crippen LogP contribution >= 0.6 is 0 Å². The van der Waals surface area contributed by atoms with Gasteiger partial charge in [0.1, 0.15) is 0 Å². The van der Waals surface area contributed by atoms with Crippen LogP contribution in [0.3, 0.4) is 0 Å². The lowest BCUT2D eigenvalue weighted by Crippen LogP contribution is -2.39. The van der Waals surface area contributed by atoms with Crippen molar-refractivity contribution in [3.8, 4) is 0 Å². The van der Waals surface area contributed by atoms with Gasteiger partial charge >= 0.3 is 0 Å². The molecular formula is C16H31NO. The van der Waals surface area contributed by atoms with Gasteiger partial charge in [0, 0.05) is 19.7 Å². The summed E-state index contributed by atoms with van der Waals surface area (Å²) >= 11 is 0. The molecule has 1 N–H and O–H groups in total. The second-order valence-corrected chi connectivity index (χ2v) is 6.92. The molecule has 2 heteroatoms. The van der Waals surface area contributed by atoms with Gasteiger partial charge in [0.25, 0.3) is 0 Å². The average Bonchev–Trinajstić information content (AvgIpc) is 2.78. The van der Waals surface area contributed by atoms with E-state index in [-0.39, 0.29) is 0 Å². The highest BCUT2D eigenvalue weighted by atomic mass is 16.5. The minimum absolute atomic E-state index is 0.483. The Morgan fingerprint density at radius 3 is 2.56 bits per heavy atom. The first kappa shape index (κ1) is 14.3. The van der Waals surface area contributed by atoms with Gasteiger partial charge in [-0.1, -0.05) is 26.7 Å². The van der Waals surface area contributed by atoms with E-state index in [0.717, 1.165) is 19.1 Å². The van der Waals surface area contributed by atoms with Crippen molar-refractivity contribution in [2.45, 2.75) is 71.3 Å². The summed E-state index contributed by atoms with van der Waals surface area (Å²) in [5, 5.41) is 3.72. The van der Waals surface area contributed by atoms with E-state index < -0.39 is 0 Å². The Kier molecular flexibility index (Phi) is 5.50. The van der Waals surface area contributed by atoms with E-state index in [1.807, 2.05) is 0 Å². The number of hydrogen-bond donors (Lipinski definition) is 1. The zero-order valence-corrected chi connectivity index (χ0v) is 12.3. The molecular weight excluding hydrogens is 222 g/mol. The van der Waals surface area contributed by atoms with Crippen LogP contribution in [0.4, 0.5) is 0 Å². The van der Waals surface area contributed by atoms with Gasteiger partial charge in [-0.2, -0.15) is 0 Å². The lowest BCUT2D eigenvalue weighted by Gasteiger charge is -2.32. The Hall–Kier alpha value is -0.0800. The molecule has 1 saturated heterocycles. The molecule has 0 amide bonds. The quantitative estimate of drug-likeness (QED) is 0.778. The minimum Gasteiger partial charge on any atom is -0.377 e. The summed E-state index contributed by atoms with van der Waals surface area (Å²) in [6.45, 7) is 7.99. The SMILES string of the molecule is CC(C)CC1(CNCC2CCCCO2)CCCC1. The number of nitrogens with one attached hydrogen (secondary N) is 1. The average molecular weight is 253 g/mol. The largest absolute Gasteiger partial charge is 0.377 e. The van der Waals surface area contributed by atoms with E-state index >= 15 is 0 Å². The van der Waals surface area contributed by atoms with Crippen molar-refractivity contribution in [1.29, 1.82) is 0 Å². The van der Waals surface area contributed by atoms with Gasteiger partial charge < -0.3 is 10.1 Å². The second kappa shape index (κ2) is 6.91. The van der Waals surface area contributed by atoms with Crippen LogP contribution < -0.4 is 5.32 Å². The summed E-state index contributed by atoms with van der Waals surface area (Å²) in [5.74, 6) is 0.829. The second-order valence-electron chi connectivity index (χ2n) is 6.92. The van der Waals surface area contributed by atoms with Crippen molar-refractivity contribution in [2.75, 3.05) is 19.7 Å². The third-order valence-electron chi connectivity index (χ3n) is 4.65. The molecule has 0 aromatic carbocycles. The fourth-order valence-corrected chi connectivity index (χ4v) is 3.91. The summed E-state index contributed by atoms with van der Waals surface area (Å²) in [4.78, 5) is 0. The van der Waals surface area contributed by atoms with Gasteiger partial charge in [-0.15, -0.1) is 0 Å². The smallest absolute Gasteiger partial charge is 0.0699 e. The Labute approximate surface area is 113 Å². The molecule has 0 bridgehead atoms. The zero-order chi connectivity index (χ0) is 12.8. The molecule has 0 aromatic heterocycles. The van der Waals surface area contributed by atoms with Crippen molar-refractivity contribution < 1.29 is 4.74 Å². The maximum absolute atomic E-state index is 5.79. The fourth-order valence-electron chi connectivity index (χ4n) is 3.91. The predicted molar refractivity (Wildman–Crippen MR) is 76.8 cm³/mol. The third kappa shape index (κ3) is 4.24. The van der Waals surface area contributed by atoms with Gasteiger partial charge in [0.05, 0.1) is 6.10 Å². The van der Waals surface area contributed by atoms with Crippen LogP contribution in [0.15, 0.2) is 0 Å². The van der Waals surface area contributed by atoms with Gasteiger partial charge in [0.15, 0.2) is 0 Å². The molecule has 2 rings (SSSR count). The summed E-state index contributed by atoms with van der Waals surface area (Å²) in [5.41, 5.74) is 0.600. The van der Waals surface area contributed by atoms with Crippen LogP contribution in [0.2, 0.25) is 0 Å². The van der Waals surface area contributed by atoms with Crippen molar-refractivity contribution in [2.24, 2.45) is 11.3 Å². The van der Waals surface area contributed by atoms with Gasteiger partial charge in [-0.25, -0.2) is 0 Å². The first-order valence-electron chi connectivity index (χ1n) is 8.03. The van der Waals surface area contributed by atoms with E-state index in [1.165, 1.54) is 57.9 Å². The van der Waals surface area contributed by atoms with E-state index in [2.05, 4.69) is 19.2 Å². The Balaban J connectivity index is 1.72. The highest BCUT2D eigenvalue weighted by Gasteiger charge is 2.34. The molecule has 1 saturated carbocycles. The topological polar surface area (TPSA) is 21.3 Å². The monoisotopic (exact) mass is 253 g/mol. The van der Waals surface area contributed by atoms with Crippen LogP contribution in [0, 0.1) is 11.3 Å². The molecule has 1 unspecified atom stereocenters. The van der Waals surface area contributed by atoms with Gasteiger partial charge in [0.2, 0.25) is 0 Å². The first-order valence-corrected chi connectivity index (χ1v) is 8.03. The van der Waals surface area contributed by atoms with Crippen LogP contribution in [0.5, 0.6) is 0 Å². The number of rotatable bonds is 6. The van der Waals surface area contributed by atoms with E-state index in [4.69, 9.17) is 4.74 Å². The van der Waals surface area contributed by atoms with Crippen LogP contribution in [0.1, 0.15) is 65.2 Å². The molecule has 106 valence electrons. The molecule has 0 aromatic rings. The molecule has 0 spiro atoms. The minimum atomic E-state index is 0.483. The van der Waals surface area contributed by atoms with Crippen LogP contribution in [0.25, 0.3) is 0 Å². The molecule has 2 nitrogen and oxygen atoms in total. The standard InChI is InChI=1S/C16H31NO/c1-14(2)11-16(8-4-5-9-16)13-17-12-15-7-3-6-10-18-15/h14-15,17H,3-13H2,1-2H3. The van der Waals surface area contributed by atoms with Gasteiger partial charge in [-0.3, -0.25) is 0 Å². The van der Waals surface area contributed by atoms with Crippen molar-refractivity contribution >= 4 is 0 Å². The molecule has 2 fully saturated rings. The normalized spacial score (nSPS) is 27.8. The van der Waals surface area contributed by atoms with E-state index in [9.17, 15) is 0 Å². The van der Waals surface area contributed by atoms with Crippen molar-refractivity contribution in [3.63, 3.8) is 0 Å². The Bertz CT molecular complexity index is 227. The molecule has 1 atom stereocenters. The van der Waals surface area contributed by atoms with Crippen LogP contribution in [-0.2, 0) is 4.74 Å². The molecule has 1 aliphatic heterocycles. The first-order chi connectivity index (χ1) is 8.70. The Morgan fingerprint density at radius 1 is 1.17 bits per heavy atom. The molecule has 2 aliphatic rings. The number of ether oxygens (including phenoxy) is 1. The van der Waals surface area contributed by atoms with Gasteiger partial charge in [-0.05, 0) is 49.9 Å². The highest BCUT2D eigenvalue weighted by molar-refractivity contribution is 4.87. The molecule has 0 radical (unpaired) electrons. The lowest BCUT2D eigenvalue weighted by atomic mass is 9.78. The Morgan fingerprint density at radius 2 is 1.94 bits per heavy atom. The fraction of sp³-hybridized carbons (Fsp3) is 1.00. The third-order valence-corrected chi connectivity index (χ3v) is 4.65. The van der Waals surface area contributed by atoms with E-state index in [0.29, 0.717) is 11.5 Å². The van der Waals surface area contributed by atoms with Crippen molar-refractivity contribution in [3.05, 3.63) is 0 Å². The molecule has 18 heavy (non-hydrogen) atoms. The summed E-state index contributed by atoms with van der Waals surface area (Å²) in [6.07, 6.45) is 11.5. The van der Waals surface area contributed by atoms with Crippen LogP contribution in [-0.4, -0.2) is 25.8 Å². The summed E-state index contributed by atoms with van der Waals surface area (Å²) in [7, 11) is 0. The molecule has 1 heterocycles. The highest BCUT2D eigenvalue weighted by Crippen LogP contribution is 2.42. The lowest BCUT2D eigenvalue weighted by molar-refractivity contribution is 0.0150.